The molecule has 3 rings (SSSR count). The standard InChI is InChI=1S/C21H29N7O/c1-4-18(15(2)29-17-10-6-5-7-11-17)28(23-3)19-20(22)25-14-26-21(19)27-16-9-8-12-24-13-16/h4-7,10-11,14,16,23-24H,1,8-9,12-13H2,2-3H3,(H3,22,25,26,27)/b18-15+/t16-/m1/s1. The van der Waals surface area contributed by atoms with Crippen LogP contribution in [0.3, 0.4) is 0 Å². The first-order valence-electron chi connectivity index (χ1n) is 9.75. The number of hydrogen-bond acceptors (Lipinski definition) is 8. The van der Waals surface area contributed by atoms with Gasteiger partial charge in [-0.05, 0) is 44.5 Å². The first-order valence-corrected chi connectivity index (χ1v) is 9.75. The van der Waals surface area contributed by atoms with Crippen LogP contribution >= 0.6 is 0 Å². The summed E-state index contributed by atoms with van der Waals surface area (Å²) in [6.07, 6.45) is 5.37. The number of anilines is 3. The summed E-state index contributed by atoms with van der Waals surface area (Å²) in [5, 5.41) is 8.69. The van der Waals surface area contributed by atoms with Gasteiger partial charge in [0, 0.05) is 19.6 Å². The van der Waals surface area contributed by atoms with Crippen LogP contribution < -0.4 is 31.5 Å². The van der Waals surface area contributed by atoms with Crippen molar-refractivity contribution >= 4 is 17.3 Å². The highest BCUT2D eigenvalue weighted by Gasteiger charge is 2.23. The first-order chi connectivity index (χ1) is 14.1. The molecular formula is C21H29N7O. The van der Waals surface area contributed by atoms with Crippen molar-refractivity contribution in [2.75, 3.05) is 36.2 Å². The zero-order valence-electron chi connectivity index (χ0n) is 17.0. The lowest BCUT2D eigenvalue weighted by atomic mass is 10.1. The summed E-state index contributed by atoms with van der Waals surface area (Å²) in [5.74, 6) is 2.42. The Labute approximate surface area is 171 Å². The van der Waals surface area contributed by atoms with Crippen LogP contribution in [0.15, 0.2) is 60.8 Å². The first kappa shape index (κ1) is 20.6. The molecule has 1 saturated heterocycles. The zero-order valence-corrected chi connectivity index (χ0v) is 17.0. The minimum Gasteiger partial charge on any atom is -0.460 e. The number of rotatable bonds is 8. The lowest BCUT2D eigenvalue weighted by molar-refractivity contribution is 0.419. The maximum Gasteiger partial charge on any atom is 0.157 e. The summed E-state index contributed by atoms with van der Waals surface area (Å²) in [6.45, 7) is 7.76. The van der Waals surface area contributed by atoms with Gasteiger partial charge in [0.2, 0.25) is 0 Å². The van der Waals surface area contributed by atoms with E-state index in [2.05, 4.69) is 32.6 Å². The van der Waals surface area contributed by atoms with Gasteiger partial charge < -0.3 is 21.1 Å². The molecule has 2 heterocycles. The Morgan fingerprint density at radius 1 is 1.34 bits per heavy atom. The van der Waals surface area contributed by atoms with Crippen LogP contribution in [0.25, 0.3) is 0 Å². The highest BCUT2D eigenvalue weighted by molar-refractivity contribution is 5.79. The van der Waals surface area contributed by atoms with Gasteiger partial charge in [0.15, 0.2) is 11.6 Å². The molecule has 1 aromatic heterocycles. The molecule has 0 spiro atoms. The number of ether oxygens (including phenoxy) is 1. The summed E-state index contributed by atoms with van der Waals surface area (Å²) in [7, 11) is 1.80. The molecule has 1 fully saturated rings. The fourth-order valence-electron chi connectivity index (χ4n) is 3.35. The van der Waals surface area contributed by atoms with Gasteiger partial charge in [0.25, 0.3) is 0 Å². The van der Waals surface area contributed by atoms with Gasteiger partial charge in [-0.2, -0.15) is 0 Å². The topological polar surface area (TPSA) is 100 Å². The Bertz CT molecular complexity index is 847. The Balaban J connectivity index is 1.94. The molecule has 0 aliphatic carbocycles. The Hall–Kier alpha value is -3.10. The minimum atomic E-state index is 0.272. The van der Waals surface area contributed by atoms with Crippen LogP contribution in [-0.4, -0.2) is 36.1 Å². The number of allylic oxidation sites excluding steroid dienone is 2. The number of benzene rings is 1. The second kappa shape index (κ2) is 9.90. The fraction of sp³-hybridized carbons (Fsp3) is 0.333. The van der Waals surface area contributed by atoms with E-state index in [1.165, 1.54) is 6.33 Å². The highest BCUT2D eigenvalue weighted by atomic mass is 16.5. The molecule has 0 bridgehead atoms. The third-order valence-electron chi connectivity index (χ3n) is 4.74. The molecule has 0 radical (unpaired) electrons. The van der Waals surface area contributed by atoms with Gasteiger partial charge in [-0.1, -0.05) is 24.8 Å². The summed E-state index contributed by atoms with van der Waals surface area (Å²) in [5.41, 5.74) is 10.8. The van der Waals surface area contributed by atoms with E-state index >= 15 is 0 Å². The van der Waals surface area contributed by atoms with E-state index in [1.807, 2.05) is 37.3 Å². The average Bonchev–Trinajstić information content (AvgIpc) is 2.74. The number of nitrogens with zero attached hydrogens (tertiary/aromatic N) is 3. The van der Waals surface area contributed by atoms with Gasteiger partial charge in [-0.15, -0.1) is 0 Å². The summed E-state index contributed by atoms with van der Waals surface area (Å²) in [4.78, 5) is 8.65. The highest BCUT2D eigenvalue weighted by Crippen LogP contribution is 2.32. The summed E-state index contributed by atoms with van der Waals surface area (Å²) in [6, 6.07) is 9.87. The second-order valence-electron chi connectivity index (χ2n) is 6.76. The van der Waals surface area contributed by atoms with Crippen LogP contribution in [0.4, 0.5) is 17.3 Å². The summed E-state index contributed by atoms with van der Waals surface area (Å²) >= 11 is 0. The van der Waals surface area contributed by atoms with Crippen molar-refractivity contribution in [1.82, 2.24) is 20.7 Å². The quantitative estimate of drug-likeness (QED) is 0.308. The lowest BCUT2D eigenvalue weighted by Gasteiger charge is -2.30. The van der Waals surface area contributed by atoms with Crippen molar-refractivity contribution in [3.8, 4) is 5.75 Å². The molecule has 5 N–H and O–H groups in total. The largest absolute Gasteiger partial charge is 0.460 e. The zero-order chi connectivity index (χ0) is 20.6. The van der Waals surface area contributed by atoms with Crippen molar-refractivity contribution in [3.05, 3.63) is 60.8 Å². The van der Waals surface area contributed by atoms with Crippen molar-refractivity contribution < 1.29 is 4.74 Å². The lowest BCUT2D eigenvalue weighted by Crippen LogP contribution is -2.40. The molecular weight excluding hydrogens is 366 g/mol. The SMILES string of the molecule is C=C/C(=C(/C)Oc1ccccc1)N(NC)c1c(N)ncnc1N[C@@H]1CCCNC1. The monoisotopic (exact) mass is 395 g/mol. The Morgan fingerprint density at radius 2 is 2.14 bits per heavy atom. The van der Waals surface area contributed by atoms with Crippen LogP contribution in [0.1, 0.15) is 19.8 Å². The van der Waals surface area contributed by atoms with Crippen LogP contribution in [0.2, 0.25) is 0 Å². The number of piperidine rings is 1. The van der Waals surface area contributed by atoms with Crippen molar-refractivity contribution in [1.29, 1.82) is 0 Å². The van der Waals surface area contributed by atoms with E-state index in [-0.39, 0.29) is 6.04 Å². The second-order valence-corrected chi connectivity index (χ2v) is 6.76. The molecule has 0 saturated carbocycles. The number of nitrogens with two attached hydrogens (primary N) is 1. The van der Waals surface area contributed by atoms with E-state index in [0.29, 0.717) is 28.8 Å². The third kappa shape index (κ3) is 5.04. The van der Waals surface area contributed by atoms with Crippen molar-refractivity contribution in [3.63, 3.8) is 0 Å². The van der Waals surface area contributed by atoms with Crippen LogP contribution in [0, 0.1) is 0 Å². The van der Waals surface area contributed by atoms with E-state index in [9.17, 15) is 0 Å². The smallest absolute Gasteiger partial charge is 0.157 e. The number of aromatic nitrogens is 2. The van der Waals surface area contributed by atoms with E-state index in [1.54, 1.807) is 18.1 Å². The van der Waals surface area contributed by atoms with Gasteiger partial charge >= 0.3 is 0 Å². The van der Waals surface area contributed by atoms with Gasteiger partial charge in [-0.3, -0.25) is 5.01 Å². The van der Waals surface area contributed by atoms with Gasteiger partial charge in [0.1, 0.15) is 23.5 Å². The molecule has 8 heteroatoms. The Morgan fingerprint density at radius 3 is 2.79 bits per heavy atom. The van der Waals surface area contributed by atoms with E-state index in [0.717, 1.165) is 31.7 Å². The van der Waals surface area contributed by atoms with Gasteiger partial charge in [0.05, 0.1) is 5.70 Å². The Kier molecular flexibility index (Phi) is 7.04. The maximum absolute atomic E-state index is 6.26. The van der Waals surface area contributed by atoms with Crippen molar-refractivity contribution in [2.24, 2.45) is 0 Å². The number of hydrogen-bond donors (Lipinski definition) is 4. The number of hydrazine groups is 1. The molecule has 154 valence electrons. The number of nitrogens with one attached hydrogen (secondary N) is 3. The molecule has 2 aromatic rings. The average molecular weight is 396 g/mol. The van der Waals surface area contributed by atoms with Crippen molar-refractivity contribution in [2.45, 2.75) is 25.8 Å². The molecule has 8 nitrogen and oxygen atoms in total. The predicted molar refractivity (Wildman–Crippen MR) is 117 cm³/mol. The normalized spacial score (nSPS) is 17.2. The predicted octanol–water partition coefficient (Wildman–Crippen LogP) is 2.66. The van der Waals surface area contributed by atoms with E-state index in [4.69, 9.17) is 10.5 Å². The molecule has 1 aliphatic heterocycles. The molecule has 1 aliphatic rings. The van der Waals surface area contributed by atoms with Crippen LogP contribution in [-0.2, 0) is 0 Å². The van der Waals surface area contributed by atoms with Gasteiger partial charge in [-0.25, -0.2) is 15.4 Å². The molecule has 1 atom stereocenters. The molecule has 29 heavy (non-hydrogen) atoms. The maximum atomic E-state index is 6.26. The fourth-order valence-corrected chi connectivity index (χ4v) is 3.35. The minimum absolute atomic E-state index is 0.272. The molecule has 1 aromatic carbocycles. The van der Waals surface area contributed by atoms with Crippen LogP contribution in [0.5, 0.6) is 5.75 Å². The third-order valence-corrected chi connectivity index (χ3v) is 4.74. The number of nitrogen functional groups attached to an aromatic ring is 1. The number of para-hydroxylation sites is 1. The molecule has 0 amide bonds. The molecule has 0 unspecified atom stereocenters. The van der Waals surface area contributed by atoms with E-state index < -0.39 is 0 Å². The summed E-state index contributed by atoms with van der Waals surface area (Å²) < 4.78 is 6.02.